The zero-order valence-corrected chi connectivity index (χ0v) is 16.0. The van der Waals surface area contributed by atoms with E-state index in [0.29, 0.717) is 12.2 Å². The SMILES string of the molecule is C/C1=C/C(=O)NC2C[C@@H](CCC/C=C\CC1)OC(O)(C1CSC(=O)N1)C2. The molecule has 4 atom stereocenters. The van der Waals surface area contributed by atoms with E-state index in [1.165, 1.54) is 0 Å². The van der Waals surface area contributed by atoms with E-state index >= 15 is 0 Å². The fraction of sp³-hybridized carbons (Fsp3) is 0.684. The fourth-order valence-corrected chi connectivity index (χ4v) is 4.71. The topological polar surface area (TPSA) is 87.7 Å². The van der Waals surface area contributed by atoms with Crippen molar-refractivity contribution in [2.24, 2.45) is 0 Å². The summed E-state index contributed by atoms with van der Waals surface area (Å²) in [6.45, 7) is 1.97. The van der Waals surface area contributed by atoms with Crippen LogP contribution in [0.4, 0.5) is 4.79 Å². The molecule has 0 aromatic heterocycles. The summed E-state index contributed by atoms with van der Waals surface area (Å²) in [4.78, 5) is 23.9. The predicted octanol–water partition coefficient (Wildman–Crippen LogP) is 2.63. The van der Waals surface area contributed by atoms with Crippen LogP contribution in [-0.2, 0) is 9.53 Å². The van der Waals surface area contributed by atoms with Gasteiger partial charge in [-0.2, -0.15) is 0 Å². The summed E-state index contributed by atoms with van der Waals surface area (Å²) < 4.78 is 6.03. The number of amides is 2. The monoisotopic (exact) mass is 380 g/mol. The molecule has 2 bridgehead atoms. The maximum Gasteiger partial charge on any atom is 0.279 e. The molecule has 2 amide bonds. The molecular weight excluding hydrogens is 352 g/mol. The highest BCUT2D eigenvalue weighted by Gasteiger charge is 2.48. The van der Waals surface area contributed by atoms with Crippen molar-refractivity contribution in [1.29, 1.82) is 0 Å². The molecule has 2 saturated heterocycles. The van der Waals surface area contributed by atoms with Crippen LogP contribution < -0.4 is 10.6 Å². The van der Waals surface area contributed by atoms with Crippen molar-refractivity contribution in [3.05, 3.63) is 23.8 Å². The molecule has 0 aromatic rings. The van der Waals surface area contributed by atoms with Gasteiger partial charge in [0.1, 0.15) is 0 Å². The van der Waals surface area contributed by atoms with Crippen LogP contribution in [0.2, 0.25) is 0 Å². The number of hydrogen-bond donors (Lipinski definition) is 3. The first-order valence-corrected chi connectivity index (χ1v) is 10.4. The molecule has 3 rings (SSSR count). The van der Waals surface area contributed by atoms with Crippen LogP contribution in [0.1, 0.15) is 51.9 Å². The molecule has 2 fully saturated rings. The molecular formula is C19H28N2O4S. The number of carbonyl (C=O) groups is 2. The maximum absolute atomic E-state index is 12.3. The maximum atomic E-state index is 12.3. The van der Waals surface area contributed by atoms with Gasteiger partial charge >= 0.3 is 0 Å². The number of rotatable bonds is 1. The molecule has 6 nitrogen and oxygen atoms in total. The van der Waals surface area contributed by atoms with Crippen LogP contribution in [0.15, 0.2) is 23.8 Å². The van der Waals surface area contributed by atoms with Crippen LogP contribution in [0.3, 0.4) is 0 Å². The number of nitrogens with one attached hydrogen (secondary N) is 2. The molecule has 0 aromatic carbocycles. The van der Waals surface area contributed by atoms with E-state index < -0.39 is 11.8 Å². The summed E-state index contributed by atoms with van der Waals surface area (Å²) in [7, 11) is 0. The van der Waals surface area contributed by atoms with Gasteiger partial charge in [0.05, 0.1) is 12.1 Å². The van der Waals surface area contributed by atoms with Crippen molar-refractivity contribution in [2.75, 3.05) is 5.75 Å². The minimum absolute atomic E-state index is 0.124. The van der Waals surface area contributed by atoms with Crippen LogP contribution in [0.5, 0.6) is 0 Å². The Hall–Kier alpha value is -1.31. The second kappa shape index (κ2) is 8.59. The number of ether oxygens (including phenoxy) is 1. The van der Waals surface area contributed by atoms with Gasteiger partial charge in [0.15, 0.2) is 5.79 Å². The van der Waals surface area contributed by atoms with Gasteiger partial charge in [0.25, 0.3) is 5.24 Å². The number of thioether (sulfide) groups is 1. The third-order valence-electron chi connectivity index (χ3n) is 5.17. The molecule has 3 heterocycles. The first-order chi connectivity index (χ1) is 12.4. The normalized spacial score (nSPS) is 39.9. The van der Waals surface area contributed by atoms with Crippen molar-refractivity contribution in [3.63, 3.8) is 0 Å². The number of aliphatic hydroxyl groups is 1. The lowest BCUT2D eigenvalue weighted by Gasteiger charge is -2.44. The van der Waals surface area contributed by atoms with Crippen molar-refractivity contribution < 1.29 is 19.4 Å². The van der Waals surface area contributed by atoms with Gasteiger partial charge < -0.3 is 20.5 Å². The van der Waals surface area contributed by atoms with Gasteiger partial charge in [0.2, 0.25) is 5.91 Å². The third-order valence-corrected chi connectivity index (χ3v) is 6.05. The molecule has 7 heteroatoms. The minimum Gasteiger partial charge on any atom is -0.364 e. The van der Waals surface area contributed by atoms with E-state index in [4.69, 9.17) is 4.74 Å². The zero-order chi connectivity index (χ0) is 18.6. The quantitative estimate of drug-likeness (QED) is 0.609. The van der Waals surface area contributed by atoms with Gasteiger partial charge in [-0.05, 0) is 45.4 Å². The number of allylic oxidation sites excluding steroid dienone is 3. The average Bonchev–Trinajstić information content (AvgIpc) is 3.00. The second-order valence-corrected chi connectivity index (χ2v) is 8.45. The molecule has 3 unspecified atom stereocenters. The molecule has 3 aliphatic rings. The molecule has 144 valence electrons. The Bertz CT molecular complexity index is 606. The Balaban J connectivity index is 1.76. The van der Waals surface area contributed by atoms with Gasteiger partial charge in [-0.3, -0.25) is 9.59 Å². The summed E-state index contributed by atoms with van der Waals surface area (Å²) in [5, 5.41) is 16.8. The fourth-order valence-electron chi connectivity index (χ4n) is 3.83. The lowest BCUT2D eigenvalue weighted by molar-refractivity contribution is -0.269. The van der Waals surface area contributed by atoms with E-state index in [2.05, 4.69) is 22.8 Å². The predicted molar refractivity (Wildman–Crippen MR) is 102 cm³/mol. The van der Waals surface area contributed by atoms with Crippen LogP contribution in [0.25, 0.3) is 0 Å². The first kappa shape index (κ1) is 19.5. The molecule has 3 N–H and O–H groups in total. The Morgan fingerprint density at radius 1 is 1.27 bits per heavy atom. The summed E-state index contributed by atoms with van der Waals surface area (Å²) in [5.74, 6) is -1.09. The first-order valence-electron chi connectivity index (χ1n) is 9.41. The molecule has 0 radical (unpaired) electrons. The Kier molecular flexibility index (Phi) is 6.42. The number of hydrogen-bond acceptors (Lipinski definition) is 5. The minimum atomic E-state index is -1.44. The van der Waals surface area contributed by atoms with E-state index in [0.717, 1.165) is 49.4 Å². The van der Waals surface area contributed by atoms with Gasteiger partial charge in [-0.1, -0.05) is 29.5 Å². The zero-order valence-electron chi connectivity index (χ0n) is 15.2. The number of carbonyl (C=O) groups excluding carboxylic acids is 2. The van der Waals surface area contributed by atoms with E-state index in [9.17, 15) is 14.7 Å². The summed E-state index contributed by atoms with van der Waals surface area (Å²) in [6, 6.07) is -0.616. The highest BCUT2D eigenvalue weighted by Crippen LogP contribution is 2.35. The largest absolute Gasteiger partial charge is 0.364 e. The smallest absolute Gasteiger partial charge is 0.279 e. The highest BCUT2D eigenvalue weighted by molar-refractivity contribution is 8.14. The summed E-state index contributed by atoms with van der Waals surface area (Å²) >= 11 is 1.16. The molecule has 0 saturated carbocycles. The third kappa shape index (κ3) is 5.11. The highest BCUT2D eigenvalue weighted by atomic mass is 32.2. The number of fused-ring (bicyclic) bond motifs is 2. The Morgan fingerprint density at radius 3 is 2.85 bits per heavy atom. The van der Waals surface area contributed by atoms with Gasteiger partial charge in [-0.25, -0.2) is 0 Å². The standard InChI is InChI=1S/C19H28N2O4S/c1-13-7-5-3-2-4-6-8-15-10-14(20-17(22)9-13)11-19(24,25-15)16-12-26-18(23)21-16/h2-3,9,14-16,24H,4-8,10-12H2,1H3,(H,20,22)(H,21,23)/b3-2-,13-9-/t14?,15-,16?,19?/m1/s1. The van der Waals surface area contributed by atoms with Crippen molar-refractivity contribution >= 4 is 22.9 Å². The van der Waals surface area contributed by atoms with Crippen molar-refractivity contribution in [3.8, 4) is 0 Å². The van der Waals surface area contributed by atoms with Gasteiger partial charge in [0, 0.05) is 24.3 Å². The Labute approximate surface area is 158 Å². The van der Waals surface area contributed by atoms with E-state index in [1.807, 2.05) is 6.92 Å². The van der Waals surface area contributed by atoms with Gasteiger partial charge in [-0.15, -0.1) is 0 Å². The lowest BCUT2D eigenvalue weighted by Crippen LogP contribution is -2.60. The lowest BCUT2D eigenvalue weighted by atomic mass is 9.89. The Morgan fingerprint density at radius 2 is 2.08 bits per heavy atom. The van der Waals surface area contributed by atoms with Crippen LogP contribution in [-0.4, -0.2) is 46.0 Å². The molecule has 3 aliphatic heterocycles. The molecule has 0 aliphatic carbocycles. The van der Waals surface area contributed by atoms with E-state index in [-0.39, 0.29) is 29.7 Å². The molecule has 0 spiro atoms. The molecule has 26 heavy (non-hydrogen) atoms. The average molecular weight is 381 g/mol. The second-order valence-electron chi connectivity index (χ2n) is 7.46. The van der Waals surface area contributed by atoms with Crippen LogP contribution in [0, 0.1) is 0 Å². The van der Waals surface area contributed by atoms with Crippen molar-refractivity contribution in [1.82, 2.24) is 10.6 Å². The van der Waals surface area contributed by atoms with Crippen molar-refractivity contribution in [2.45, 2.75) is 75.8 Å². The summed E-state index contributed by atoms with van der Waals surface area (Å²) in [6.07, 6.45) is 11.4. The summed E-state index contributed by atoms with van der Waals surface area (Å²) in [5.41, 5.74) is 1.04. The van der Waals surface area contributed by atoms with Crippen LogP contribution >= 0.6 is 11.8 Å². The van der Waals surface area contributed by atoms with E-state index in [1.54, 1.807) is 6.08 Å².